The molecule has 2 aromatic rings. The van der Waals surface area contributed by atoms with Crippen molar-refractivity contribution < 1.29 is 18.6 Å². The summed E-state index contributed by atoms with van der Waals surface area (Å²) in [5, 5.41) is 22.6. The van der Waals surface area contributed by atoms with Crippen molar-refractivity contribution in [3.63, 3.8) is 0 Å². The van der Waals surface area contributed by atoms with Gasteiger partial charge in [-0.05, 0) is 52.9 Å². The molecular weight excluding hydrogens is 494 g/mol. The number of methoxy groups -OCH3 is 1. The minimum atomic E-state index is -1.39. The van der Waals surface area contributed by atoms with Crippen molar-refractivity contribution in [3.8, 4) is 5.75 Å². The van der Waals surface area contributed by atoms with Crippen molar-refractivity contribution in [1.29, 1.82) is 0 Å². The van der Waals surface area contributed by atoms with Gasteiger partial charge >= 0.3 is 0 Å². The molecule has 0 aliphatic carbocycles. The normalized spacial score (nSPS) is 16.7. The fourth-order valence-electron chi connectivity index (χ4n) is 4.70. The Kier molecular flexibility index (Phi) is 9.96. The van der Waals surface area contributed by atoms with E-state index in [0.717, 1.165) is 49.4 Å². The number of halogens is 2. The standard InChI is InChI=1S/C26H42F2N8O2/c1-26(2,37)17-9-18(27)19(28)10-21(17)34-25(30)33-15-31-14-32-22-11-20(29)23(12-24(22)38-5)36-8-6-7-16(36)13-35(3)4/h9-12,16,25,31-34,37H,6-8,13-15,29-30H2,1-5H3. The van der Waals surface area contributed by atoms with Crippen LogP contribution in [0.1, 0.15) is 32.3 Å². The largest absolute Gasteiger partial charge is 0.495 e. The zero-order valence-electron chi connectivity index (χ0n) is 22.9. The van der Waals surface area contributed by atoms with E-state index >= 15 is 0 Å². The molecule has 2 unspecified atom stereocenters. The van der Waals surface area contributed by atoms with Gasteiger partial charge in [0.15, 0.2) is 11.6 Å². The van der Waals surface area contributed by atoms with Crippen molar-refractivity contribution in [2.24, 2.45) is 5.73 Å². The third kappa shape index (κ3) is 7.58. The van der Waals surface area contributed by atoms with Gasteiger partial charge < -0.3 is 36.0 Å². The van der Waals surface area contributed by atoms with Gasteiger partial charge in [0.05, 0.1) is 36.4 Å². The number of hydrogen-bond acceptors (Lipinski definition) is 10. The Balaban J connectivity index is 1.54. The van der Waals surface area contributed by atoms with Gasteiger partial charge in [-0.2, -0.15) is 0 Å². The molecule has 1 fully saturated rings. The molecule has 10 nitrogen and oxygen atoms in total. The molecule has 212 valence electrons. The minimum Gasteiger partial charge on any atom is -0.495 e. The molecule has 1 aliphatic heterocycles. The molecule has 0 spiro atoms. The molecule has 2 aromatic carbocycles. The van der Waals surface area contributed by atoms with Gasteiger partial charge in [-0.15, -0.1) is 0 Å². The molecule has 1 saturated heterocycles. The van der Waals surface area contributed by atoms with Gasteiger partial charge in [0.2, 0.25) is 0 Å². The van der Waals surface area contributed by atoms with Crippen LogP contribution < -0.4 is 42.4 Å². The summed E-state index contributed by atoms with van der Waals surface area (Å²) in [5.41, 5.74) is 13.9. The first-order chi connectivity index (χ1) is 17.9. The molecule has 9 N–H and O–H groups in total. The molecular formula is C26H42F2N8O2. The third-order valence-corrected chi connectivity index (χ3v) is 6.49. The number of nitrogens with zero attached hydrogens (tertiary/aromatic N) is 2. The van der Waals surface area contributed by atoms with Crippen LogP contribution in [0, 0.1) is 11.6 Å². The van der Waals surface area contributed by atoms with E-state index in [9.17, 15) is 13.9 Å². The van der Waals surface area contributed by atoms with E-state index in [1.807, 2.05) is 12.1 Å². The summed E-state index contributed by atoms with van der Waals surface area (Å²) in [6.07, 6.45) is 1.46. The molecule has 0 saturated carbocycles. The highest BCUT2D eigenvalue weighted by Crippen LogP contribution is 2.38. The molecule has 0 bridgehead atoms. The van der Waals surface area contributed by atoms with Crippen LogP contribution in [0.2, 0.25) is 0 Å². The second-order valence-corrected chi connectivity index (χ2v) is 10.3. The molecule has 0 radical (unpaired) electrons. The van der Waals surface area contributed by atoms with Crippen LogP contribution in [0.5, 0.6) is 5.75 Å². The van der Waals surface area contributed by atoms with Crippen LogP contribution in [-0.2, 0) is 5.60 Å². The van der Waals surface area contributed by atoms with Gasteiger partial charge in [-0.1, -0.05) is 0 Å². The first-order valence-corrected chi connectivity index (χ1v) is 12.7. The maximum Gasteiger partial charge on any atom is 0.160 e. The van der Waals surface area contributed by atoms with Crippen molar-refractivity contribution in [2.75, 3.05) is 68.9 Å². The number of nitrogen functional groups attached to an aromatic ring is 1. The van der Waals surface area contributed by atoms with Gasteiger partial charge in [0.1, 0.15) is 12.0 Å². The number of benzene rings is 2. The van der Waals surface area contributed by atoms with Gasteiger partial charge in [0.25, 0.3) is 0 Å². The third-order valence-electron chi connectivity index (χ3n) is 6.49. The van der Waals surface area contributed by atoms with Crippen LogP contribution >= 0.6 is 0 Å². The second kappa shape index (κ2) is 12.8. The molecule has 0 amide bonds. The molecule has 2 atom stereocenters. The van der Waals surface area contributed by atoms with E-state index in [2.05, 4.69) is 45.2 Å². The van der Waals surface area contributed by atoms with Crippen LogP contribution in [0.4, 0.5) is 31.5 Å². The maximum atomic E-state index is 13.8. The molecule has 1 heterocycles. The summed E-state index contributed by atoms with van der Waals surface area (Å²) in [4.78, 5) is 4.55. The van der Waals surface area contributed by atoms with E-state index in [1.54, 1.807) is 7.11 Å². The number of nitrogens with two attached hydrogens (primary N) is 2. The van der Waals surface area contributed by atoms with Gasteiger partial charge in [0, 0.05) is 49.2 Å². The molecule has 0 aromatic heterocycles. The average molecular weight is 537 g/mol. The number of ether oxygens (including phenoxy) is 1. The summed E-state index contributed by atoms with van der Waals surface area (Å²) in [6, 6.07) is 6.20. The molecule has 38 heavy (non-hydrogen) atoms. The Hall–Kier alpha value is -2.90. The number of rotatable bonds is 13. The van der Waals surface area contributed by atoms with E-state index in [4.69, 9.17) is 16.2 Å². The summed E-state index contributed by atoms with van der Waals surface area (Å²) in [6.45, 7) is 5.56. The monoisotopic (exact) mass is 536 g/mol. The SMILES string of the molecule is COc1cc(N2CCCC2CN(C)C)c(N)cc1NCNCNC(N)Nc1cc(F)c(F)cc1C(C)(C)O. The first-order valence-electron chi connectivity index (χ1n) is 12.7. The number of nitrogens with one attached hydrogen (secondary N) is 4. The lowest BCUT2D eigenvalue weighted by molar-refractivity contribution is 0.0788. The summed E-state index contributed by atoms with van der Waals surface area (Å²) in [7, 11) is 5.78. The van der Waals surface area contributed by atoms with Crippen molar-refractivity contribution >= 4 is 22.7 Å². The summed E-state index contributed by atoms with van der Waals surface area (Å²) in [5.74, 6) is -1.39. The lowest BCUT2D eigenvalue weighted by Crippen LogP contribution is -2.48. The van der Waals surface area contributed by atoms with E-state index in [-0.39, 0.29) is 11.3 Å². The van der Waals surface area contributed by atoms with E-state index in [1.165, 1.54) is 13.8 Å². The Morgan fingerprint density at radius 1 is 1.16 bits per heavy atom. The first kappa shape index (κ1) is 29.7. The zero-order chi connectivity index (χ0) is 28.0. The lowest BCUT2D eigenvalue weighted by atomic mass is 9.96. The van der Waals surface area contributed by atoms with Crippen LogP contribution in [-0.4, -0.2) is 70.0 Å². The fraction of sp³-hybridized carbons (Fsp3) is 0.538. The zero-order valence-corrected chi connectivity index (χ0v) is 22.9. The topological polar surface area (TPSA) is 136 Å². The smallest absolute Gasteiger partial charge is 0.160 e. The maximum absolute atomic E-state index is 13.8. The Morgan fingerprint density at radius 2 is 1.87 bits per heavy atom. The minimum absolute atomic E-state index is 0.193. The predicted octanol–water partition coefficient (Wildman–Crippen LogP) is 2.17. The second-order valence-electron chi connectivity index (χ2n) is 10.3. The quantitative estimate of drug-likeness (QED) is 0.116. The highest BCUT2D eigenvalue weighted by molar-refractivity contribution is 5.78. The predicted molar refractivity (Wildman–Crippen MR) is 149 cm³/mol. The summed E-state index contributed by atoms with van der Waals surface area (Å²) < 4.78 is 33.1. The van der Waals surface area contributed by atoms with Crippen LogP contribution in [0.15, 0.2) is 24.3 Å². The van der Waals surface area contributed by atoms with Crippen molar-refractivity contribution in [2.45, 2.75) is 44.6 Å². The van der Waals surface area contributed by atoms with Crippen molar-refractivity contribution in [3.05, 3.63) is 41.5 Å². The van der Waals surface area contributed by atoms with Crippen molar-refractivity contribution in [1.82, 2.24) is 15.5 Å². The Morgan fingerprint density at radius 3 is 2.53 bits per heavy atom. The molecule has 3 rings (SSSR count). The van der Waals surface area contributed by atoms with E-state index in [0.29, 0.717) is 30.8 Å². The van der Waals surface area contributed by atoms with Crippen LogP contribution in [0.25, 0.3) is 0 Å². The number of hydrogen-bond donors (Lipinski definition) is 7. The average Bonchev–Trinajstić information content (AvgIpc) is 3.27. The fourth-order valence-corrected chi connectivity index (χ4v) is 4.70. The highest BCUT2D eigenvalue weighted by atomic mass is 19.2. The van der Waals surface area contributed by atoms with E-state index < -0.39 is 23.5 Å². The van der Waals surface area contributed by atoms with Crippen LogP contribution in [0.3, 0.4) is 0 Å². The number of aliphatic hydroxyl groups is 1. The Bertz CT molecular complexity index is 1080. The summed E-state index contributed by atoms with van der Waals surface area (Å²) >= 11 is 0. The van der Waals surface area contributed by atoms with Gasteiger partial charge in [-0.25, -0.2) is 8.78 Å². The lowest BCUT2D eigenvalue weighted by Gasteiger charge is -2.30. The van der Waals surface area contributed by atoms with Gasteiger partial charge in [-0.3, -0.25) is 16.4 Å². The highest BCUT2D eigenvalue weighted by Gasteiger charge is 2.27. The number of likely N-dealkylation sites (N-methyl/N-ethyl adjacent to an activating group) is 1. The molecule has 12 heteroatoms. The Labute approximate surface area is 223 Å². The number of anilines is 4. The molecule has 1 aliphatic rings.